The van der Waals surface area contributed by atoms with E-state index in [1.165, 1.54) is 16.7 Å². The smallest absolute Gasteiger partial charge is 0.00506 e. The molecular formula is C14H17F6FeP-. The van der Waals surface area contributed by atoms with Crippen LogP contribution in [0, 0.1) is 27.2 Å². The van der Waals surface area contributed by atoms with Crippen LogP contribution in [0.2, 0.25) is 0 Å². The van der Waals surface area contributed by atoms with E-state index in [-0.39, 0.29) is 17.1 Å². The predicted octanol–water partition coefficient (Wildman–Crippen LogP) is 7.31. The molecule has 129 valence electrons. The van der Waals surface area contributed by atoms with E-state index >= 15 is 0 Å². The zero-order valence-electron chi connectivity index (χ0n) is 12.2. The topological polar surface area (TPSA) is 0 Å². The van der Waals surface area contributed by atoms with Crippen molar-refractivity contribution in [2.45, 2.75) is 20.8 Å². The van der Waals surface area contributed by atoms with Gasteiger partial charge in [-0.3, -0.25) is 0 Å². The summed E-state index contributed by atoms with van der Waals surface area (Å²) in [5, 5.41) is 0. The van der Waals surface area contributed by atoms with Gasteiger partial charge in [0.2, 0.25) is 0 Å². The largest absolute Gasteiger partial charge is 0.0767 e. The van der Waals surface area contributed by atoms with Gasteiger partial charge in [0.1, 0.15) is 0 Å². The first kappa shape index (κ1) is 23.5. The summed E-state index contributed by atoms with van der Waals surface area (Å²) in [6, 6.07) is 6.56. The molecule has 1 aromatic rings. The van der Waals surface area contributed by atoms with Gasteiger partial charge in [-0.15, -0.1) is 0 Å². The number of allylic oxidation sites excluding steroid dienone is 4. The third-order valence-electron chi connectivity index (χ3n) is 1.92. The average molecular weight is 386 g/mol. The molecule has 0 aromatic heterocycles. The maximum Gasteiger partial charge on any atom is 0.00506 e. The number of benzene rings is 1. The average Bonchev–Trinajstić information content (AvgIpc) is 2.65. The summed E-state index contributed by atoms with van der Waals surface area (Å²) in [6.45, 7) is 6.38. The fraction of sp³-hybridized carbons (Fsp3) is 0.214. The SMILES string of the molecule is Cc1cc(C)cc(C)c1.F[P-](F)(F)(F)(F)F.[CH]1C=CC=C1.[Fe]. The van der Waals surface area contributed by atoms with Gasteiger partial charge in [-0.1, -0.05) is 59.2 Å². The van der Waals surface area contributed by atoms with Crippen molar-refractivity contribution >= 4 is 7.81 Å². The Kier molecular flexibility index (Phi) is 8.19. The van der Waals surface area contributed by atoms with Crippen LogP contribution >= 0.6 is 7.81 Å². The third kappa shape index (κ3) is 24.3. The minimum Gasteiger partial charge on any atom is -0.0767 e. The molecule has 1 aromatic carbocycles. The van der Waals surface area contributed by atoms with Crippen LogP contribution in [0.5, 0.6) is 0 Å². The van der Waals surface area contributed by atoms with Crippen LogP contribution in [-0.2, 0) is 17.1 Å². The molecule has 0 amide bonds. The fourth-order valence-electron chi connectivity index (χ4n) is 1.52. The van der Waals surface area contributed by atoms with Crippen molar-refractivity contribution in [3.8, 4) is 0 Å². The van der Waals surface area contributed by atoms with Gasteiger partial charge >= 0.3 is 33.0 Å². The van der Waals surface area contributed by atoms with Crippen molar-refractivity contribution in [1.29, 1.82) is 0 Å². The van der Waals surface area contributed by atoms with E-state index in [1.54, 1.807) is 0 Å². The van der Waals surface area contributed by atoms with Crippen molar-refractivity contribution in [3.63, 3.8) is 0 Å². The fourth-order valence-corrected chi connectivity index (χ4v) is 1.52. The molecule has 0 N–H and O–H groups in total. The van der Waals surface area contributed by atoms with Gasteiger partial charge < -0.3 is 0 Å². The van der Waals surface area contributed by atoms with Crippen LogP contribution in [0.4, 0.5) is 25.2 Å². The monoisotopic (exact) mass is 386 g/mol. The molecule has 1 radical (unpaired) electrons. The van der Waals surface area contributed by atoms with Crippen LogP contribution in [-0.4, -0.2) is 0 Å². The van der Waals surface area contributed by atoms with Crippen LogP contribution in [0.25, 0.3) is 0 Å². The van der Waals surface area contributed by atoms with Crippen LogP contribution in [0.15, 0.2) is 42.5 Å². The zero-order chi connectivity index (χ0) is 16.8. The van der Waals surface area contributed by atoms with E-state index in [9.17, 15) is 25.2 Å². The van der Waals surface area contributed by atoms with Crippen LogP contribution < -0.4 is 0 Å². The van der Waals surface area contributed by atoms with Crippen molar-refractivity contribution in [2.75, 3.05) is 0 Å². The van der Waals surface area contributed by atoms with Gasteiger partial charge in [0.25, 0.3) is 0 Å². The molecule has 0 spiro atoms. The molecule has 1 aliphatic carbocycles. The summed E-state index contributed by atoms with van der Waals surface area (Å²) in [5.41, 5.74) is 4.06. The first-order valence-electron chi connectivity index (χ1n) is 5.91. The second-order valence-electron chi connectivity index (χ2n) is 4.59. The summed E-state index contributed by atoms with van der Waals surface area (Å²) in [7, 11) is -10.7. The molecular weight excluding hydrogens is 369 g/mol. The molecule has 8 heteroatoms. The number of rotatable bonds is 0. The van der Waals surface area contributed by atoms with Gasteiger partial charge in [-0.2, -0.15) is 0 Å². The zero-order valence-corrected chi connectivity index (χ0v) is 14.2. The van der Waals surface area contributed by atoms with E-state index in [0.29, 0.717) is 0 Å². The molecule has 0 atom stereocenters. The summed E-state index contributed by atoms with van der Waals surface area (Å²) in [5.74, 6) is 0. The van der Waals surface area contributed by atoms with Gasteiger partial charge in [-0.25, -0.2) is 0 Å². The summed E-state index contributed by atoms with van der Waals surface area (Å²) >= 11 is 0. The van der Waals surface area contributed by atoms with E-state index in [1.807, 2.05) is 30.7 Å². The van der Waals surface area contributed by atoms with E-state index < -0.39 is 7.81 Å². The van der Waals surface area contributed by atoms with Crippen molar-refractivity contribution < 1.29 is 42.3 Å². The van der Waals surface area contributed by atoms with Gasteiger partial charge in [0, 0.05) is 23.5 Å². The normalized spacial score (nSPS) is 15.3. The molecule has 0 bridgehead atoms. The van der Waals surface area contributed by atoms with Crippen molar-refractivity contribution in [2.24, 2.45) is 0 Å². The second kappa shape index (κ2) is 7.67. The molecule has 1 aliphatic rings. The molecule has 0 heterocycles. The molecule has 2 rings (SSSR count). The Balaban J connectivity index is 0. The maximum absolute atomic E-state index is 10.7. The first-order chi connectivity index (χ1) is 9.13. The number of aryl methyl sites for hydroxylation is 3. The standard InChI is InChI=1S/C9H12.C5H5.F6P.Fe/c1-7-4-8(2)6-9(3)5-7;1-2-4-5-3-1;1-7(2,3,4,5)6;/h4-6H,1-3H3;1-5H;;/q;;-1;. The minimum absolute atomic E-state index is 0. The Bertz CT molecular complexity index is 459. The number of halogens is 6. The van der Waals surface area contributed by atoms with E-state index in [0.717, 1.165) is 0 Å². The number of hydrogen-bond donors (Lipinski definition) is 0. The van der Waals surface area contributed by atoms with Gasteiger partial charge in [0.05, 0.1) is 0 Å². The molecule has 0 nitrogen and oxygen atoms in total. The van der Waals surface area contributed by atoms with Crippen molar-refractivity contribution in [3.05, 3.63) is 65.6 Å². The summed E-state index contributed by atoms with van der Waals surface area (Å²) in [4.78, 5) is 0. The number of hydrogen-bond acceptors (Lipinski definition) is 0. The molecule has 22 heavy (non-hydrogen) atoms. The first-order valence-corrected chi connectivity index (χ1v) is 7.94. The molecule has 0 fully saturated rings. The molecule has 0 aliphatic heterocycles. The van der Waals surface area contributed by atoms with Crippen molar-refractivity contribution in [1.82, 2.24) is 0 Å². The Morgan fingerprint density at radius 1 is 0.591 bits per heavy atom. The van der Waals surface area contributed by atoms with Crippen LogP contribution in [0.1, 0.15) is 16.7 Å². The Hall–Kier alpha value is -0.771. The van der Waals surface area contributed by atoms with Crippen LogP contribution in [0.3, 0.4) is 0 Å². The third-order valence-corrected chi connectivity index (χ3v) is 1.92. The minimum atomic E-state index is -10.7. The van der Waals surface area contributed by atoms with Gasteiger partial charge in [0.15, 0.2) is 0 Å². The predicted molar refractivity (Wildman–Crippen MR) is 76.8 cm³/mol. The molecule has 0 saturated carbocycles. The Morgan fingerprint density at radius 2 is 0.818 bits per heavy atom. The molecule has 0 unspecified atom stereocenters. The summed E-state index contributed by atoms with van der Waals surface area (Å²) < 4.78 is 59.2. The summed E-state index contributed by atoms with van der Waals surface area (Å²) in [6.07, 6.45) is 10.0. The second-order valence-corrected chi connectivity index (χ2v) is 6.50. The van der Waals surface area contributed by atoms with E-state index in [2.05, 4.69) is 39.0 Å². The Labute approximate surface area is 137 Å². The Morgan fingerprint density at radius 3 is 0.955 bits per heavy atom. The van der Waals surface area contributed by atoms with E-state index in [4.69, 9.17) is 0 Å². The molecule has 0 saturated heterocycles. The van der Waals surface area contributed by atoms with Gasteiger partial charge in [-0.05, 0) is 20.8 Å². The quantitative estimate of drug-likeness (QED) is 0.249. The maximum atomic E-state index is 9.87.